The third-order valence-corrected chi connectivity index (χ3v) is 3.90. The summed E-state index contributed by atoms with van der Waals surface area (Å²) in [5.41, 5.74) is 0. The predicted octanol–water partition coefficient (Wildman–Crippen LogP) is 1.88. The molecular weight excluding hydrogens is 212 g/mol. The molecule has 2 fully saturated rings. The number of hydrogen-bond acceptors (Lipinski definition) is 3. The summed E-state index contributed by atoms with van der Waals surface area (Å²) in [5, 5.41) is 3.65. The Hall–Kier alpha value is -0.120. The normalized spacial score (nSPS) is 25.9. The Balaban J connectivity index is 1.42. The number of rotatable bonds is 8. The van der Waals surface area contributed by atoms with Crippen molar-refractivity contribution < 1.29 is 4.74 Å². The molecule has 1 saturated carbocycles. The SMILES string of the molecule is CC(C)N1CCC(NCCCOCC2CC2)C1. The Morgan fingerprint density at radius 3 is 2.76 bits per heavy atom. The maximum Gasteiger partial charge on any atom is 0.0494 e. The zero-order valence-electron chi connectivity index (χ0n) is 11.5. The van der Waals surface area contributed by atoms with Crippen molar-refractivity contribution in [3.63, 3.8) is 0 Å². The number of hydrogen-bond donors (Lipinski definition) is 1. The molecule has 1 heterocycles. The lowest BCUT2D eigenvalue weighted by molar-refractivity contribution is 0.121. The third-order valence-electron chi connectivity index (χ3n) is 3.90. The maximum atomic E-state index is 5.63. The van der Waals surface area contributed by atoms with Gasteiger partial charge in [-0.25, -0.2) is 0 Å². The highest BCUT2D eigenvalue weighted by molar-refractivity contribution is 4.82. The van der Waals surface area contributed by atoms with Crippen LogP contribution in [0.15, 0.2) is 0 Å². The summed E-state index contributed by atoms with van der Waals surface area (Å²) in [4.78, 5) is 2.56. The summed E-state index contributed by atoms with van der Waals surface area (Å²) >= 11 is 0. The molecule has 0 aromatic carbocycles. The van der Waals surface area contributed by atoms with Crippen LogP contribution in [-0.2, 0) is 4.74 Å². The lowest BCUT2D eigenvalue weighted by atomic mass is 10.2. The second kappa shape index (κ2) is 6.72. The first-order chi connectivity index (χ1) is 8.25. The van der Waals surface area contributed by atoms with Gasteiger partial charge in [-0.2, -0.15) is 0 Å². The van der Waals surface area contributed by atoms with Crippen LogP contribution in [0.4, 0.5) is 0 Å². The quantitative estimate of drug-likeness (QED) is 0.656. The molecule has 17 heavy (non-hydrogen) atoms. The van der Waals surface area contributed by atoms with Gasteiger partial charge in [-0.1, -0.05) is 0 Å². The summed E-state index contributed by atoms with van der Waals surface area (Å²) in [6.45, 7) is 10.1. The molecule has 0 amide bonds. The van der Waals surface area contributed by atoms with Gasteiger partial charge in [0, 0.05) is 31.8 Å². The zero-order valence-corrected chi connectivity index (χ0v) is 11.5. The van der Waals surface area contributed by atoms with Gasteiger partial charge in [-0.05, 0) is 58.5 Å². The van der Waals surface area contributed by atoms with Gasteiger partial charge in [-0.15, -0.1) is 0 Å². The van der Waals surface area contributed by atoms with Crippen LogP contribution in [0.3, 0.4) is 0 Å². The summed E-state index contributed by atoms with van der Waals surface area (Å²) in [7, 11) is 0. The van der Waals surface area contributed by atoms with E-state index in [2.05, 4.69) is 24.1 Å². The largest absolute Gasteiger partial charge is 0.381 e. The van der Waals surface area contributed by atoms with E-state index in [1.807, 2.05) is 0 Å². The fourth-order valence-corrected chi connectivity index (χ4v) is 2.44. The van der Waals surface area contributed by atoms with Crippen LogP contribution in [0.25, 0.3) is 0 Å². The molecule has 1 aliphatic heterocycles. The van der Waals surface area contributed by atoms with Gasteiger partial charge in [0.15, 0.2) is 0 Å². The molecule has 0 spiro atoms. The topological polar surface area (TPSA) is 24.5 Å². The lowest BCUT2D eigenvalue weighted by Gasteiger charge is -2.20. The summed E-state index contributed by atoms with van der Waals surface area (Å²) in [5.74, 6) is 0.900. The van der Waals surface area contributed by atoms with Crippen molar-refractivity contribution in [1.82, 2.24) is 10.2 Å². The third kappa shape index (κ3) is 4.94. The van der Waals surface area contributed by atoms with Crippen LogP contribution in [-0.4, -0.2) is 49.8 Å². The zero-order chi connectivity index (χ0) is 12.1. The van der Waals surface area contributed by atoms with E-state index in [-0.39, 0.29) is 0 Å². The summed E-state index contributed by atoms with van der Waals surface area (Å²) in [6, 6.07) is 1.41. The van der Waals surface area contributed by atoms with Gasteiger partial charge >= 0.3 is 0 Å². The van der Waals surface area contributed by atoms with Crippen molar-refractivity contribution >= 4 is 0 Å². The van der Waals surface area contributed by atoms with Crippen molar-refractivity contribution in [3.05, 3.63) is 0 Å². The van der Waals surface area contributed by atoms with Crippen LogP contribution < -0.4 is 5.32 Å². The van der Waals surface area contributed by atoms with Gasteiger partial charge in [0.1, 0.15) is 0 Å². The highest BCUT2D eigenvalue weighted by atomic mass is 16.5. The molecule has 3 nitrogen and oxygen atoms in total. The minimum absolute atomic E-state index is 0.698. The van der Waals surface area contributed by atoms with E-state index < -0.39 is 0 Å². The molecule has 1 atom stereocenters. The molecule has 2 aliphatic rings. The Bertz CT molecular complexity index is 216. The molecule has 2 rings (SSSR count). The van der Waals surface area contributed by atoms with Crippen LogP contribution >= 0.6 is 0 Å². The molecule has 0 radical (unpaired) electrons. The van der Waals surface area contributed by atoms with Crippen molar-refractivity contribution in [1.29, 1.82) is 0 Å². The number of nitrogens with zero attached hydrogens (tertiary/aromatic N) is 1. The highest BCUT2D eigenvalue weighted by Gasteiger charge is 2.23. The Morgan fingerprint density at radius 2 is 2.12 bits per heavy atom. The maximum absolute atomic E-state index is 5.63. The fourth-order valence-electron chi connectivity index (χ4n) is 2.44. The molecule has 1 unspecified atom stereocenters. The molecule has 1 aliphatic carbocycles. The van der Waals surface area contributed by atoms with Crippen LogP contribution in [0.2, 0.25) is 0 Å². The average molecular weight is 240 g/mol. The van der Waals surface area contributed by atoms with E-state index in [4.69, 9.17) is 4.74 Å². The number of likely N-dealkylation sites (tertiary alicyclic amines) is 1. The molecule has 0 aromatic rings. The van der Waals surface area contributed by atoms with E-state index >= 15 is 0 Å². The molecule has 100 valence electrons. The minimum Gasteiger partial charge on any atom is -0.381 e. The molecule has 0 aromatic heterocycles. The van der Waals surface area contributed by atoms with Crippen LogP contribution in [0.5, 0.6) is 0 Å². The predicted molar refractivity (Wildman–Crippen MR) is 71.3 cm³/mol. The Labute approximate surface area is 106 Å². The van der Waals surface area contributed by atoms with Crippen molar-refractivity contribution in [2.75, 3.05) is 32.8 Å². The van der Waals surface area contributed by atoms with Crippen LogP contribution in [0.1, 0.15) is 39.5 Å². The Kier molecular flexibility index (Phi) is 5.26. The second-order valence-electron chi connectivity index (χ2n) is 5.90. The highest BCUT2D eigenvalue weighted by Crippen LogP contribution is 2.28. The first kappa shape index (κ1) is 13.3. The fraction of sp³-hybridized carbons (Fsp3) is 1.00. The number of ether oxygens (including phenoxy) is 1. The van der Waals surface area contributed by atoms with E-state index in [0.717, 1.165) is 32.1 Å². The van der Waals surface area contributed by atoms with E-state index in [0.29, 0.717) is 12.1 Å². The van der Waals surface area contributed by atoms with Crippen molar-refractivity contribution in [2.45, 2.75) is 51.6 Å². The van der Waals surface area contributed by atoms with E-state index in [9.17, 15) is 0 Å². The second-order valence-corrected chi connectivity index (χ2v) is 5.90. The van der Waals surface area contributed by atoms with Gasteiger partial charge in [0.05, 0.1) is 0 Å². The first-order valence-corrected chi connectivity index (χ1v) is 7.31. The van der Waals surface area contributed by atoms with Gasteiger partial charge < -0.3 is 10.1 Å². The minimum atomic E-state index is 0.698. The van der Waals surface area contributed by atoms with E-state index in [1.165, 1.54) is 32.4 Å². The molecule has 1 N–H and O–H groups in total. The monoisotopic (exact) mass is 240 g/mol. The van der Waals surface area contributed by atoms with Gasteiger partial charge in [0.2, 0.25) is 0 Å². The van der Waals surface area contributed by atoms with Gasteiger partial charge in [0.25, 0.3) is 0 Å². The number of nitrogens with one attached hydrogen (secondary N) is 1. The molecule has 0 bridgehead atoms. The smallest absolute Gasteiger partial charge is 0.0494 e. The lowest BCUT2D eigenvalue weighted by Crippen LogP contribution is -2.35. The molecular formula is C14H28N2O. The van der Waals surface area contributed by atoms with Crippen molar-refractivity contribution in [3.8, 4) is 0 Å². The molecule has 3 heteroatoms. The first-order valence-electron chi connectivity index (χ1n) is 7.31. The average Bonchev–Trinajstić information content (AvgIpc) is 3.00. The van der Waals surface area contributed by atoms with Crippen molar-refractivity contribution in [2.24, 2.45) is 5.92 Å². The summed E-state index contributed by atoms with van der Waals surface area (Å²) < 4.78 is 5.63. The molecule has 1 saturated heterocycles. The summed E-state index contributed by atoms with van der Waals surface area (Å²) in [6.07, 6.45) is 5.25. The van der Waals surface area contributed by atoms with Gasteiger partial charge in [-0.3, -0.25) is 4.90 Å². The Morgan fingerprint density at radius 1 is 1.29 bits per heavy atom. The standard InChI is InChI=1S/C14H28N2O/c1-12(2)16-8-6-14(10-16)15-7-3-9-17-11-13-4-5-13/h12-15H,3-11H2,1-2H3. The van der Waals surface area contributed by atoms with E-state index in [1.54, 1.807) is 0 Å². The van der Waals surface area contributed by atoms with Crippen LogP contribution in [0, 0.1) is 5.92 Å².